The van der Waals surface area contributed by atoms with Crippen LogP contribution in [0.4, 0.5) is 0 Å². The van der Waals surface area contributed by atoms with E-state index in [0.29, 0.717) is 13.1 Å². The van der Waals surface area contributed by atoms with Crippen molar-refractivity contribution >= 4 is 33.8 Å². The first-order valence-corrected chi connectivity index (χ1v) is 19.6. The first-order valence-electron chi connectivity index (χ1n) is 7.75. The van der Waals surface area contributed by atoms with Gasteiger partial charge in [0.05, 0.1) is 0 Å². The van der Waals surface area contributed by atoms with E-state index in [1.807, 2.05) is 0 Å². The second-order valence-electron chi connectivity index (χ2n) is 7.70. The fraction of sp³-hybridized carbons (Fsp3) is 1.00. The SMILES string of the molecule is C[Si](C)(CCN)O[Si](C)(C)O[Si](C)(C)O[Si](C)(C)CCN. The molecule has 0 heterocycles. The normalized spacial score (nSPS) is 14.6. The lowest BCUT2D eigenvalue weighted by Crippen LogP contribution is -2.56. The molecular formula is C12H36N2O3Si4. The summed E-state index contributed by atoms with van der Waals surface area (Å²) in [5.41, 5.74) is 11.4. The quantitative estimate of drug-likeness (QED) is 0.580. The van der Waals surface area contributed by atoms with Crippen LogP contribution in [0.15, 0.2) is 0 Å². The number of hydrogen-bond acceptors (Lipinski definition) is 5. The molecule has 0 unspecified atom stereocenters. The van der Waals surface area contributed by atoms with E-state index in [9.17, 15) is 0 Å². The molecule has 9 heteroatoms. The molecule has 0 aliphatic rings. The van der Waals surface area contributed by atoms with Crippen molar-refractivity contribution in [2.45, 2.75) is 64.5 Å². The standard InChI is InChI=1S/C12H36N2O3Si4/c1-18(2,11-9-13)15-20(5,6)17-21(7,8)16-19(3,4)12-10-14/h9-14H2,1-8H3. The molecule has 4 N–H and O–H groups in total. The monoisotopic (exact) mass is 368 g/mol. The number of nitrogens with two attached hydrogens (primary N) is 2. The molecule has 0 aliphatic carbocycles. The van der Waals surface area contributed by atoms with Gasteiger partial charge in [-0.1, -0.05) is 0 Å². The summed E-state index contributed by atoms with van der Waals surface area (Å²) < 4.78 is 19.2. The molecule has 0 bridgehead atoms. The molecule has 0 atom stereocenters. The maximum atomic E-state index is 6.41. The Balaban J connectivity index is 4.75. The third-order valence-electron chi connectivity index (χ3n) is 3.03. The average Bonchev–Trinajstić information content (AvgIpc) is 2.09. The first-order chi connectivity index (χ1) is 9.24. The molecule has 0 amide bonds. The van der Waals surface area contributed by atoms with E-state index in [-0.39, 0.29) is 0 Å². The molecule has 5 nitrogen and oxygen atoms in total. The van der Waals surface area contributed by atoms with Gasteiger partial charge >= 0.3 is 17.1 Å². The van der Waals surface area contributed by atoms with Crippen molar-refractivity contribution in [2.75, 3.05) is 13.1 Å². The van der Waals surface area contributed by atoms with E-state index < -0.39 is 33.8 Å². The van der Waals surface area contributed by atoms with E-state index in [0.717, 1.165) is 12.1 Å². The minimum Gasteiger partial charge on any atom is -0.436 e. The molecule has 0 aromatic carbocycles. The highest BCUT2D eigenvalue weighted by Gasteiger charge is 2.42. The van der Waals surface area contributed by atoms with Crippen LogP contribution in [-0.2, 0) is 12.3 Å². The van der Waals surface area contributed by atoms with Crippen LogP contribution in [0.3, 0.4) is 0 Å². The van der Waals surface area contributed by atoms with Crippen molar-refractivity contribution in [1.29, 1.82) is 0 Å². The maximum absolute atomic E-state index is 6.41. The minimum atomic E-state index is -2.20. The Morgan fingerprint density at radius 3 is 1.10 bits per heavy atom. The number of hydrogen-bond donors (Lipinski definition) is 2. The summed E-state index contributed by atoms with van der Waals surface area (Å²) in [7, 11) is -7.89. The van der Waals surface area contributed by atoms with Gasteiger partial charge in [0.1, 0.15) is 0 Å². The van der Waals surface area contributed by atoms with Crippen LogP contribution in [0.25, 0.3) is 0 Å². The lowest BCUT2D eigenvalue weighted by molar-refractivity contribution is 0.328. The van der Waals surface area contributed by atoms with Gasteiger partial charge in [0.25, 0.3) is 0 Å². The Bertz CT molecular complexity index is 296. The second-order valence-corrected chi connectivity index (χ2v) is 23.8. The second kappa shape index (κ2) is 7.97. The van der Waals surface area contributed by atoms with Gasteiger partial charge < -0.3 is 23.8 Å². The van der Waals surface area contributed by atoms with Crippen LogP contribution in [0.5, 0.6) is 0 Å². The Labute approximate surface area is 135 Å². The fourth-order valence-electron chi connectivity index (χ4n) is 2.76. The lowest BCUT2D eigenvalue weighted by Gasteiger charge is -2.41. The summed E-state index contributed by atoms with van der Waals surface area (Å²) in [4.78, 5) is 0. The van der Waals surface area contributed by atoms with Crippen molar-refractivity contribution < 1.29 is 12.3 Å². The van der Waals surface area contributed by atoms with Gasteiger partial charge in [-0.3, -0.25) is 0 Å². The molecule has 21 heavy (non-hydrogen) atoms. The highest BCUT2D eigenvalue weighted by atomic mass is 28.5. The van der Waals surface area contributed by atoms with Crippen LogP contribution in [0.1, 0.15) is 0 Å². The molecule has 128 valence electrons. The Hall–Kier alpha value is 0.668. The minimum absolute atomic E-state index is 0.678. The molecule has 0 saturated heterocycles. The van der Waals surface area contributed by atoms with E-state index in [2.05, 4.69) is 52.4 Å². The van der Waals surface area contributed by atoms with Crippen LogP contribution in [-0.4, -0.2) is 46.8 Å². The zero-order valence-corrected chi connectivity index (χ0v) is 19.2. The van der Waals surface area contributed by atoms with Gasteiger partial charge in [0.15, 0.2) is 16.6 Å². The topological polar surface area (TPSA) is 79.7 Å². The van der Waals surface area contributed by atoms with E-state index in [4.69, 9.17) is 23.8 Å². The predicted molar refractivity (Wildman–Crippen MR) is 101 cm³/mol. The Morgan fingerprint density at radius 1 is 0.571 bits per heavy atom. The zero-order valence-electron chi connectivity index (χ0n) is 15.2. The largest absolute Gasteiger partial charge is 0.436 e. The summed E-state index contributed by atoms with van der Waals surface area (Å²) in [6.07, 6.45) is 0. The molecular weight excluding hydrogens is 332 g/mol. The molecule has 0 aromatic rings. The Kier molecular flexibility index (Phi) is 8.23. The molecule has 0 aliphatic heterocycles. The van der Waals surface area contributed by atoms with Gasteiger partial charge in [0.2, 0.25) is 0 Å². The third-order valence-corrected chi connectivity index (χ3v) is 18.3. The van der Waals surface area contributed by atoms with Gasteiger partial charge in [-0.25, -0.2) is 0 Å². The van der Waals surface area contributed by atoms with Gasteiger partial charge in [-0.2, -0.15) is 0 Å². The van der Waals surface area contributed by atoms with Crippen molar-refractivity contribution in [2.24, 2.45) is 11.5 Å². The van der Waals surface area contributed by atoms with Crippen molar-refractivity contribution in [3.8, 4) is 0 Å². The summed E-state index contributed by atoms with van der Waals surface area (Å²) in [5.74, 6) is 0. The average molecular weight is 369 g/mol. The van der Waals surface area contributed by atoms with E-state index >= 15 is 0 Å². The molecule has 0 rings (SSSR count). The smallest absolute Gasteiger partial charge is 0.312 e. The zero-order chi connectivity index (χ0) is 16.9. The first kappa shape index (κ1) is 21.7. The van der Waals surface area contributed by atoms with Crippen LogP contribution < -0.4 is 11.5 Å². The van der Waals surface area contributed by atoms with Gasteiger partial charge in [-0.05, 0) is 77.6 Å². The summed E-state index contributed by atoms with van der Waals surface area (Å²) in [5, 5.41) is 0. The highest BCUT2D eigenvalue weighted by molar-refractivity contribution is 6.89. The van der Waals surface area contributed by atoms with Crippen molar-refractivity contribution in [3.05, 3.63) is 0 Å². The highest BCUT2D eigenvalue weighted by Crippen LogP contribution is 2.25. The van der Waals surface area contributed by atoms with Crippen LogP contribution >= 0.6 is 0 Å². The van der Waals surface area contributed by atoms with Crippen molar-refractivity contribution in [3.63, 3.8) is 0 Å². The lowest BCUT2D eigenvalue weighted by atomic mass is 10.8. The maximum Gasteiger partial charge on any atom is 0.312 e. The molecule has 0 radical (unpaired) electrons. The predicted octanol–water partition coefficient (Wildman–Crippen LogP) is 2.77. The van der Waals surface area contributed by atoms with Crippen LogP contribution in [0.2, 0.25) is 64.5 Å². The fourth-order valence-corrected chi connectivity index (χ4v) is 21.4. The van der Waals surface area contributed by atoms with Crippen LogP contribution in [0, 0.1) is 0 Å². The van der Waals surface area contributed by atoms with Gasteiger partial charge in [-0.15, -0.1) is 0 Å². The third kappa shape index (κ3) is 10.1. The molecule has 0 saturated carbocycles. The van der Waals surface area contributed by atoms with E-state index in [1.165, 1.54) is 0 Å². The Morgan fingerprint density at radius 2 is 0.857 bits per heavy atom. The summed E-state index contributed by atoms with van der Waals surface area (Å²) >= 11 is 0. The molecule has 0 spiro atoms. The summed E-state index contributed by atoms with van der Waals surface area (Å²) in [6.45, 7) is 18.7. The molecule has 0 fully saturated rings. The summed E-state index contributed by atoms with van der Waals surface area (Å²) in [6, 6.07) is 1.92. The van der Waals surface area contributed by atoms with Crippen molar-refractivity contribution in [1.82, 2.24) is 0 Å². The molecule has 0 aromatic heterocycles. The van der Waals surface area contributed by atoms with Gasteiger partial charge in [0, 0.05) is 0 Å². The van der Waals surface area contributed by atoms with E-state index in [1.54, 1.807) is 0 Å². The number of rotatable bonds is 10.